The lowest BCUT2D eigenvalue weighted by Crippen LogP contribution is -2.34. The van der Waals surface area contributed by atoms with Crippen LogP contribution in [0.25, 0.3) is 0 Å². The quantitative estimate of drug-likeness (QED) is 0.569. The van der Waals surface area contributed by atoms with E-state index in [2.05, 4.69) is 16.8 Å². The van der Waals surface area contributed by atoms with Crippen LogP contribution in [0.5, 0.6) is 0 Å². The molecule has 1 aliphatic heterocycles. The number of nitrogens with zero attached hydrogens (tertiary/aromatic N) is 1. The Morgan fingerprint density at radius 2 is 2.32 bits per heavy atom. The zero-order valence-corrected chi connectivity index (χ0v) is 10.2. The van der Waals surface area contributed by atoms with Crippen molar-refractivity contribution in [2.75, 3.05) is 0 Å². The Morgan fingerprint density at radius 3 is 2.95 bits per heavy atom. The number of aliphatic hydroxyl groups is 2. The number of aromatic nitrogens is 2. The van der Waals surface area contributed by atoms with Crippen LogP contribution in [-0.2, 0) is 4.74 Å². The molecule has 0 aliphatic carbocycles. The number of nitrogens with one attached hydrogen (secondary N) is 1. The summed E-state index contributed by atoms with van der Waals surface area (Å²) in [7, 11) is 0. The molecule has 1 aliphatic rings. The van der Waals surface area contributed by atoms with Gasteiger partial charge in [0.15, 0.2) is 0 Å². The lowest BCUT2D eigenvalue weighted by Gasteiger charge is -2.17. The normalized spacial score (nSPS) is 27.6. The van der Waals surface area contributed by atoms with Gasteiger partial charge in [-0.3, -0.25) is 14.3 Å². The third-order valence-electron chi connectivity index (χ3n) is 2.90. The highest BCUT2D eigenvalue weighted by molar-refractivity contribution is 5.07. The molecule has 102 valence electrons. The summed E-state index contributed by atoms with van der Waals surface area (Å²) >= 11 is 0. The summed E-state index contributed by atoms with van der Waals surface area (Å²) in [5, 5.41) is 19.5. The van der Waals surface area contributed by atoms with Crippen LogP contribution in [0.2, 0.25) is 0 Å². The molecule has 0 spiro atoms. The van der Waals surface area contributed by atoms with Crippen molar-refractivity contribution in [1.82, 2.24) is 9.55 Å². The van der Waals surface area contributed by atoms with Crippen LogP contribution in [0.3, 0.4) is 0 Å². The highest BCUT2D eigenvalue weighted by Crippen LogP contribution is 2.29. The largest absolute Gasteiger partial charge is 0.390 e. The van der Waals surface area contributed by atoms with Gasteiger partial charge in [-0.25, -0.2) is 4.79 Å². The molecule has 2 heterocycles. The molecule has 2 rings (SSSR count). The Kier molecular flexibility index (Phi) is 3.85. The molecule has 0 saturated carbocycles. The van der Waals surface area contributed by atoms with E-state index >= 15 is 0 Å². The van der Waals surface area contributed by atoms with Crippen LogP contribution in [0, 0.1) is 11.8 Å². The van der Waals surface area contributed by atoms with Gasteiger partial charge in [0.25, 0.3) is 5.56 Å². The maximum absolute atomic E-state index is 11.6. The van der Waals surface area contributed by atoms with E-state index in [1.807, 2.05) is 0 Å². The maximum Gasteiger partial charge on any atom is 0.330 e. The SMILES string of the molecule is CC#CC(O)[C@H]1O[C@@H](n2ccc(=O)[nH]c2=O)C[C@@H]1O. The van der Waals surface area contributed by atoms with Crippen molar-refractivity contribution in [3.05, 3.63) is 33.1 Å². The van der Waals surface area contributed by atoms with Crippen LogP contribution >= 0.6 is 0 Å². The van der Waals surface area contributed by atoms with E-state index in [0.29, 0.717) is 0 Å². The molecule has 0 bridgehead atoms. The van der Waals surface area contributed by atoms with E-state index in [0.717, 1.165) is 4.57 Å². The van der Waals surface area contributed by atoms with E-state index in [1.54, 1.807) is 6.92 Å². The third-order valence-corrected chi connectivity index (χ3v) is 2.90. The molecule has 0 amide bonds. The molecule has 1 fully saturated rings. The number of ether oxygens (including phenoxy) is 1. The van der Waals surface area contributed by atoms with Crippen LogP contribution in [0.4, 0.5) is 0 Å². The highest BCUT2D eigenvalue weighted by Gasteiger charge is 2.39. The molecule has 19 heavy (non-hydrogen) atoms. The number of aromatic amines is 1. The number of hydrogen-bond acceptors (Lipinski definition) is 5. The lowest BCUT2D eigenvalue weighted by atomic mass is 10.1. The molecular weight excluding hydrogens is 252 g/mol. The first-order valence-electron chi connectivity index (χ1n) is 5.78. The third kappa shape index (κ3) is 2.76. The summed E-state index contributed by atoms with van der Waals surface area (Å²) in [6.07, 6.45) is -2.24. The zero-order chi connectivity index (χ0) is 14.0. The molecule has 1 unspecified atom stereocenters. The van der Waals surface area contributed by atoms with Gasteiger partial charge < -0.3 is 14.9 Å². The van der Waals surface area contributed by atoms with Gasteiger partial charge >= 0.3 is 5.69 Å². The summed E-state index contributed by atoms with van der Waals surface area (Å²) in [6, 6.07) is 1.19. The molecule has 1 aromatic heterocycles. The van der Waals surface area contributed by atoms with Gasteiger partial charge in [0.05, 0.1) is 6.10 Å². The molecule has 0 radical (unpaired) electrons. The van der Waals surface area contributed by atoms with Crippen LogP contribution in [0.1, 0.15) is 19.6 Å². The minimum atomic E-state index is -1.12. The van der Waals surface area contributed by atoms with Crippen molar-refractivity contribution in [3.8, 4) is 11.8 Å². The first-order chi connectivity index (χ1) is 9.02. The van der Waals surface area contributed by atoms with E-state index in [4.69, 9.17) is 4.74 Å². The number of H-pyrrole nitrogens is 1. The van der Waals surface area contributed by atoms with Crippen LogP contribution < -0.4 is 11.2 Å². The second kappa shape index (κ2) is 5.40. The minimum absolute atomic E-state index is 0.138. The molecule has 3 N–H and O–H groups in total. The summed E-state index contributed by atoms with van der Waals surface area (Å²) in [5.74, 6) is 5.02. The fraction of sp³-hybridized carbons (Fsp3) is 0.500. The van der Waals surface area contributed by atoms with E-state index < -0.39 is 35.8 Å². The Hall–Kier alpha value is -1.88. The first kappa shape index (κ1) is 13.5. The lowest BCUT2D eigenvalue weighted by molar-refractivity contribution is -0.0656. The van der Waals surface area contributed by atoms with Gasteiger partial charge in [-0.2, -0.15) is 0 Å². The number of rotatable bonds is 2. The Balaban J connectivity index is 2.22. The van der Waals surface area contributed by atoms with Gasteiger partial charge in [-0.1, -0.05) is 5.92 Å². The molecule has 0 aromatic carbocycles. The molecule has 7 nitrogen and oxygen atoms in total. The van der Waals surface area contributed by atoms with E-state index in [1.165, 1.54) is 12.3 Å². The summed E-state index contributed by atoms with van der Waals surface area (Å²) in [5.41, 5.74) is -1.13. The Morgan fingerprint density at radius 1 is 1.58 bits per heavy atom. The summed E-state index contributed by atoms with van der Waals surface area (Å²) in [6.45, 7) is 1.56. The minimum Gasteiger partial charge on any atom is -0.390 e. The van der Waals surface area contributed by atoms with Crippen molar-refractivity contribution in [2.45, 2.75) is 37.9 Å². The summed E-state index contributed by atoms with van der Waals surface area (Å²) < 4.78 is 6.60. The van der Waals surface area contributed by atoms with Gasteiger partial charge in [0.1, 0.15) is 18.4 Å². The zero-order valence-electron chi connectivity index (χ0n) is 10.2. The second-order valence-electron chi connectivity index (χ2n) is 4.21. The molecule has 7 heteroatoms. The van der Waals surface area contributed by atoms with Crippen molar-refractivity contribution < 1.29 is 14.9 Å². The standard InChI is InChI=1S/C12H14N2O5/c1-2-3-7(15)11-8(16)6-10(19-11)14-5-4-9(17)13-12(14)18/h4-5,7-8,10-11,15-16H,6H2,1H3,(H,13,17,18)/t7?,8-,10+,11+/m0/s1. The van der Waals surface area contributed by atoms with Gasteiger partial charge in [0, 0.05) is 18.7 Å². The molecule has 4 atom stereocenters. The van der Waals surface area contributed by atoms with Crippen molar-refractivity contribution >= 4 is 0 Å². The average Bonchev–Trinajstić information content (AvgIpc) is 2.71. The average molecular weight is 266 g/mol. The molecule has 1 aromatic rings. The highest BCUT2D eigenvalue weighted by atomic mass is 16.5. The smallest absolute Gasteiger partial charge is 0.330 e. The second-order valence-corrected chi connectivity index (χ2v) is 4.21. The number of aliphatic hydroxyl groups excluding tert-OH is 2. The fourth-order valence-corrected chi connectivity index (χ4v) is 2.02. The molecule has 1 saturated heterocycles. The Bertz CT molecular complexity index is 623. The molecular formula is C12H14N2O5. The van der Waals surface area contributed by atoms with Crippen molar-refractivity contribution in [2.24, 2.45) is 0 Å². The van der Waals surface area contributed by atoms with Crippen molar-refractivity contribution in [1.29, 1.82) is 0 Å². The predicted molar refractivity (Wildman–Crippen MR) is 65.3 cm³/mol. The van der Waals surface area contributed by atoms with E-state index in [9.17, 15) is 19.8 Å². The maximum atomic E-state index is 11.6. The topological polar surface area (TPSA) is 105 Å². The van der Waals surface area contributed by atoms with Crippen molar-refractivity contribution in [3.63, 3.8) is 0 Å². The monoisotopic (exact) mass is 266 g/mol. The van der Waals surface area contributed by atoms with Gasteiger partial charge in [-0.05, 0) is 6.92 Å². The Labute approximate surface area is 108 Å². The van der Waals surface area contributed by atoms with Crippen LogP contribution in [-0.4, -0.2) is 38.1 Å². The predicted octanol–water partition coefficient (Wildman–Crippen LogP) is -1.43. The van der Waals surface area contributed by atoms with Crippen LogP contribution in [0.15, 0.2) is 21.9 Å². The van der Waals surface area contributed by atoms with Gasteiger partial charge in [0.2, 0.25) is 0 Å². The number of hydrogen-bond donors (Lipinski definition) is 3. The summed E-state index contributed by atoms with van der Waals surface area (Å²) in [4.78, 5) is 24.7. The van der Waals surface area contributed by atoms with Gasteiger partial charge in [-0.15, -0.1) is 5.92 Å². The first-order valence-corrected chi connectivity index (χ1v) is 5.78. The fourth-order valence-electron chi connectivity index (χ4n) is 2.02. The van der Waals surface area contributed by atoms with E-state index in [-0.39, 0.29) is 6.42 Å².